The van der Waals surface area contributed by atoms with Gasteiger partial charge in [0.25, 0.3) is 0 Å². The highest BCUT2D eigenvalue weighted by molar-refractivity contribution is 8.66. The Hall–Kier alpha value is -5.32. The zero-order chi connectivity index (χ0) is 44.0. The highest BCUT2D eigenvalue weighted by Crippen LogP contribution is 2.31. The highest BCUT2D eigenvalue weighted by atomic mass is 33.1. The van der Waals surface area contributed by atoms with E-state index in [1.807, 2.05) is 22.9 Å². The van der Waals surface area contributed by atoms with Gasteiger partial charge in [0.2, 0.25) is 0 Å². The van der Waals surface area contributed by atoms with Gasteiger partial charge in [0.15, 0.2) is 74.7 Å². The summed E-state index contributed by atoms with van der Waals surface area (Å²) in [6.07, 6.45) is -7.22. The first-order valence-electron chi connectivity index (χ1n) is 15.4. The minimum atomic E-state index is -7.22. The molecule has 0 radical (unpaired) electrons. The first kappa shape index (κ1) is 44.8. The molecule has 0 heterocycles. The molecule has 0 saturated carbocycles. The van der Waals surface area contributed by atoms with Crippen molar-refractivity contribution >= 4 is 49.6 Å². The third kappa shape index (κ3) is 7.35. The Balaban J connectivity index is 0.000000395. The summed E-state index contributed by atoms with van der Waals surface area (Å²) in [5.41, 5.74) is -14.3. The van der Waals surface area contributed by atoms with Crippen LogP contribution in [-0.2, 0) is 10.8 Å². The van der Waals surface area contributed by atoms with Crippen molar-refractivity contribution in [2.75, 3.05) is 0 Å². The number of rotatable bonds is 7. The smallest absolute Gasteiger partial charge is 0.200 e. The predicted molar refractivity (Wildman–Crippen MR) is 175 cm³/mol. The fourth-order valence-electron chi connectivity index (χ4n) is 5.95. The maximum atomic E-state index is 15.4. The van der Waals surface area contributed by atoms with Gasteiger partial charge in [0.1, 0.15) is 63.5 Å². The fraction of sp³-hybridized carbons (Fsp3) is 0. The van der Waals surface area contributed by atoms with Gasteiger partial charge in [0, 0.05) is 0 Å². The zero-order valence-corrected chi connectivity index (χ0v) is 29.5. The second-order valence-electron chi connectivity index (χ2n) is 11.6. The lowest BCUT2D eigenvalue weighted by atomic mass is 9.12. The van der Waals surface area contributed by atoms with Crippen molar-refractivity contribution in [2.24, 2.45) is 0 Å². The third-order valence-electron chi connectivity index (χ3n) is 8.46. The first-order valence-corrected chi connectivity index (χ1v) is 17.7. The molecule has 0 atom stereocenters. The summed E-state index contributed by atoms with van der Waals surface area (Å²) in [7, 11) is 3.14. The SMILES string of the molecule is Fc1c(F)c(F)c([B-](c2c(F)c(F)c(F)c(F)c2F)(c2c(F)c(F)c(F)c(F)c2F)c2c(F)c(F)c(F)c(F)c2F)c(F)c1F.c1ccc(S[SH+]c2ccccc2)cc1. The maximum Gasteiger partial charge on any atom is 0.200 e. The van der Waals surface area contributed by atoms with Gasteiger partial charge in [-0.15, -0.1) is 21.9 Å². The Kier molecular flexibility index (Phi) is 13.0. The fourth-order valence-corrected chi connectivity index (χ4v) is 8.10. The van der Waals surface area contributed by atoms with Crippen LogP contribution in [0.15, 0.2) is 70.5 Å². The highest BCUT2D eigenvalue weighted by Gasteiger charge is 2.52. The lowest BCUT2D eigenvalue weighted by Crippen LogP contribution is -2.81. The molecule has 0 aliphatic carbocycles. The van der Waals surface area contributed by atoms with Gasteiger partial charge in [-0.3, -0.25) is 0 Å². The monoisotopic (exact) mass is 898 g/mol. The summed E-state index contributed by atoms with van der Waals surface area (Å²) in [6, 6.07) is 21.0. The number of halogens is 20. The number of hydrogen-bond donors (Lipinski definition) is 0. The second kappa shape index (κ2) is 17.1. The molecule has 0 fully saturated rings. The van der Waals surface area contributed by atoms with Gasteiger partial charge in [-0.05, 0) is 24.3 Å². The first-order chi connectivity index (χ1) is 27.7. The quantitative estimate of drug-likeness (QED) is 0.0293. The van der Waals surface area contributed by atoms with E-state index in [1.165, 1.54) is 20.6 Å². The molecule has 59 heavy (non-hydrogen) atoms. The van der Waals surface area contributed by atoms with E-state index in [0.717, 1.165) is 0 Å². The van der Waals surface area contributed by atoms with Crippen LogP contribution in [0.25, 0.3) is 0 Å². The zero-order valence-electron chi connectivity index (χ0n) is 27.8. The molecule has 23 heteroatoms. The lowest BCUT2D eigenvalue weighted by Gasteiger charge is -2.44. The normalized spacial score (nSPS) is 11.5. The van der Waals surface area contributed by atoms with Crippen molar-refractivity contribution in [1.82, 2.24) is 0 Å². The Morgan fingerprint density at radius 2 is 0.475 bits per heavy atom. The van der Waals surface area contributed by atoms with Crippen molar-refractivity contribution in [3.8, 4) is 0 Å². The molecule has 0 unspecified atom stereocenters. The largest absolute Gasteiger partial charge is 0.207 e. The lowest BCUT2D eigenvalue weighted by molar-refractivity contribution is 0.378. The van der Waals surface area contributed by atoms with Gasteiger partial charge < -0.3 is 0 Å². The molecule has 6 rings (SSSR count). The third-order valence-corrected chi connectivity index (χ3v) is 11.1. The molecule has 0 bridgehead atoms. The number of benzene rings is 6. The molecular formula is C36H11BF20S2. The van der Waals surface area contributed by atoms with E-state index in [1.54, 1.807) is 0 Å². The van der Waals surface area contributed by atoms with E-state index in [4.69, 9.17) is 0 Å². The minimum Gasteiger partial charge on any atom is -0.207 e. The van der Waals surface area contributed by atoms with Crippen LogP contribution in [0.5, 0.6) is 0 Å². The molecular weight excluding hydrogens is 887 g/mol. The van der Waals surface area contributed by atoms with Crippen LogP contribution in [-0.4, -0.2) is 6.15 Å². The van der Waals surface area contributed by atoms with Crippen LogP contribution < -0.4 is 21.9 Å². The van der Waals surface area contributed by atoms with Crippen molar-refractivity contribution < 1.29 is 87.8 Å². The summed E-state index contributed by atoms with van der Waals surface area (Å²) in [5, 5.41) is 0. The molecule has 310 valence electrons. The Bertz CT molecular complexity index is 2190. The van der Waals surface area contributed by atoms with E-state index < -0.39 is 144 Å². The summed E-state index contributed by atoms with van der Waals surface area (Å²) in [4.78, 5) is 2.67. The van der Waals surface area contributed by atoms with Gasteiger partial charge in [0.05, 0.1) is 15.7 Å². The second-order valence-corrected chi connectivity index (χ2v) is 14.1. The topological polar surface area (TPSA) is 0 Å². The Morgan fingerprint density at radius 3 is 0.712 bits per heavy atom. The molecule has 0 N–H and O–H groups in total. The van der Waals surface area contributed by atoms with E-state index in [9.17, 15) is 52.7 Å². The minimum absolute atomic E-state index is 1.29. The number of thiol groups is 1. The van der Waals surface area contributed by atoms with E-state index in [0.29, 0.717) is 0 Å². The predicted octanol–water partition coefficient (Wildman–Crippen LogP) is 9.41. The van der Waals surface area contributed by atoms with Crippen molar-refractivity contribution in [2.45, 2.75) is 9.79 Å². The van der Waals surface area contributed by atoms with Crippen molar-refractivity contribution in [3.05, 3.63) is 177 Å². The summed E-state index contributed by atoms with van der Waals surface area (Å²) in [6.45, 7) is 0. The molecule has 0 amide bonds. The Morgan fingerprint density at radius 1 is 0.271 bits per heavy atom. The molecule has 0 aliphatic heterocycles. The van der Waals surface area contributed by atoms with Crippen LogP contribution in [0.2, 0.25) is 0 Å². The van der Waals surface area contributed by atoms with Crippen LogP contribution in [0.4, 0.5) is 87.8 Å². The van der Waals surface area contributed by atoms with E-state index >= 15 is 35.1 Å². The molecule has 0 aliphatic rings. The van der Waals surface area contributed by atoms with Crippen molar-refractivity contribution in [3.63, 3.8) is 0 Å². The molecule has 0 spiro atoms. The average molecular weight is 898 g/mol. The van der Waals surface area contributed by atoms with Crippen LogP contribution in [0.3, 0.4) is 0 Å². The van der Waals surface area contributed by atoms with Gasteiger partial charge in [-0.25, -0.2) is 87.8 Å². The number of hydrogen-bond acceptors (Lipinski definition) is 1. The molecule has 6 aromatic rings. The maximum absolute atomic E-state index is 15.4. The van der Waals surface area contributed by atoms with Crippen LogP contribution in [0, 0.1) is 116 Å². The Labute approximate surface area is 323 Å². The van der Waals surface area contributed by atoms with Gasteiger partial charge in [-0.2, -0.15) is 0 Å². The standard InChI is InChI=1S/C24BF20.C12H10S2/c26-5-1(6(27)14(35)21(42)13(5)34)25(2-7(28)15(36)22(43)16(37)8(2)29,3-9(30)17(38)23(44)18(39)10(3)31)4-11(32)19(40)24(45)20(41)12(4)33;1-3-7-11(8-4-1)13-14-12-9-5-2-6-10-12/h;1-10H/q-1;/p+1. The summed E-state index contributed by atoms with van der Waals surface area (Å²) in [5.74, 6) is -71.4. The molecule has 0 nitrogen and oxygen atoms in total. The summed E-state index contributed by atoms with van der Waals surface area (Å²) < 4.78 is 294. The molecule has 6 aromatic carbocycles. The molecule has 0 saturated heterocycles. The van der Waals surface area contributed by atoms with Gasteiger partial charge in [-0.1, -0.05) is 36.4 Å². The van der Waals surface area contributed by atoms with Crippen molar-refractivity contribution in [1.29, 1.82) is 0 Å². The molecule has 0 aromatic heterocycles. The van der Waals surface area contributed by atoms with Gasteiger partial charge >= 0.3 is 0 Å². The van der Waals surface area contributed by atoms with Crippen LogP contribution >= 0.6 is 10.8 Å². The van der Waals surface area contributed by atoms with E-state index in [2.05, 4.69) is 48.5 Å². The average Bonchev–Trinajstić information content (AvgIpc) is 3.23. The van der Waals surface area contributed by atoms with E-state index in [-0.39, 0.29) is 0 Å². The van der Waals surface area contributed by atoms with Crippen LogP contribution in [0.1, 0.15) is 0 Å². The summed E-state index contributed by atoms with van der Waals surface area (Å²) >= 11 is 0.